The average Bonchev–Trinajstić information content (AvgIpc) is 2.16. The minimum Gasteiger partial charge on any atom is -0.495 e. The van der Waals surface area contributed by atoms with Crippen LogP contribution in [0.4, 0.5) is 0 Å². The summed E-state index contributed by atoms with van der Waals surface area (Å²) in [5.74, 6) is 0.372. The summed E-state index contributed by atoms with van der Waals surface area (Å²) >= 11 is 5.34. The number of carbonyl (C=O) groups is 1. The Morgan fingerprint density at radius 2 is 2.21 bits per heavy atom. The zero-order chi connectivity index (χ0) is 10.7. The number of hydrogen-bond donors (Lipinski definition) is 0. The number of aryl methyl sites for hydroxylation is 1. The standard InChI is InChI=1S/C10H8ClNO2/c1-6-3-7(10(11)13)8(5-12)9(4-6)14-2/h3-4H,1-2H3. The number of methoxy groups -OCH3 is 1. The van der Waals surface area contributed by atoms with Crippen LogP contribution in [0.3, 0.4) is 0 Å². The van der Waals surface area contributed by atoms with Gasteiger partial charge in [0.25, 0.3) is 5.24 Å². The molecular weight excluding hydrogens is 202 g/mol. The van der Waals surface area contributed by atoms with Gasteiger partial charge >= 0.3 is 0 Å². The molecule has 1 aromatic rings. The van der Waals surface area contributed by atoms with Gasteiger partial charge in [-0.25, -0.2) is 0 Å². The molecule has 14 heavy (non-hydrogen) atoms. The fraction of sp³-hybridized carbons (Fsp3) is 0.200. The molecule has 0 saturated carbocycles. The number of halogens is 1. The van der Waals surface area contributed by atoms with Crippen LogP contribution in [0, 0.1) is 18.3 Å². The predicted octanol–water partition coefficient (Wildman–Crippen LogP) is 2.25. The molecule has 3 nitrogen and oxygen atoms in total. The molecule has 4 heteroatoms. The van der Waals surface area contributed by atoms with Crippen molar-refractivity contribution in [3.05, 3.63) is 28.8 Å². The van der Waals surface area contributed by atoms with E-state index in [0.29, 0.717) is 5.75 Å². The van der Waals surface area contributed by atoms with Crippen LogP contribution in [0.25, 0.3) is 0 Å². The quantitative estimate of drug-likeness (QED) is 0.702. The van der Waals surface area contributed by atoms with Crippen molar-refractivity contribution >= 4 is 16.8 Å². The summed E-state index contributed by atoms with van der Waals surface area (Å²) in [7, 11) is 1.44. The van der Waals surface area contributed by atoms with E-state index in [4.69, 9.17) is 21.6 Å². The van der Waals surface area contributed by atoms with Crippen LogP contribution in [0.1, 0.15) is 21.5 Å². The van der Waals surface area contributed by atoms with Gasteiger partial charge < -0.3 is 4.74 Å². The van der Waals surface area contributed by atoms with Crippen molar-refractivity contribution in [1.82, 2.24) is 0 Å². The Hall–Kier alpha value is -1.53. The van der Waals surface area contributed by atoms with Gasteiger partial charge in [-0.3, -0.25) is 4.79 Å². The van der Waals surface area contributed by atoms with Gasteiger partial charge in [0.2, 0.25) is 0 Å². The van der Waals surface area contributed by atoms with Crippen LogP contribution in [0.15, 0.2) is 12.1 Å². The first-order valence-electron chi connectivity index (χ1n) is 3.88. The molecule has 0 unspecified atom stereocenters. The van der Waals surface area contributed by atoms with E-state index in [-0.39, 0.29) is 11.1 Å². The van der Waals surface area contributed by atoms with E-state index in [1.807, 2.05) is 6.07 Å². The van der Waals surface area contributed by atoms with Crippen LogP contribution in [-0.2, 0) is 0 Å². The monoisotopic (exact) mass is 209 g/mol. The summed E-state index contributed by atoms with van der Waals surface area (Å²) < 4.78 is 4.97. The van der Waals surface area contributed by atoms with E-state index in [1.165, 1.54) is 7.11 Å². The molecule has 0 radical (unpaired) electrons. The highest BCUT2D eigenvalue weighted by molar-refractivity contribution is 6.68. The highest BCUT2D eigenvalue weighted by Crippen LogP contribution is 2.24. The van der Waals surface area contributed by atoms with Crippen molar-refractivity contribution in [3.8, 4) is 11.8 Å². The molecule has 0 N–H and O–H groups in total. The lowest BCUT2D eigenvalue weighted by molar-refractivity contribution is 0.108. The lowest BCUT2D eigenvalue weighted by Crippen LogP contribution is -1.99. The van der Waals surface area contributed by atoms with Crippen LogP contribution < -0.4 is 4.74 Å². The summed E-state index contributed by atoms with van der Waals surface area (Å²) in [5, 5.41) is 8.18. The highest BCUT2D eigenvalue weighted by atomic mass is 35.5. The maximum absolute atomic E-state index is 11.0. The Kier molecular flexibility index (Phi) is 3.10. The van der Waals surface area contributed by atoms with Crippen LogP contribution in [0.5, 0.6) is 5.75 Å². The van der Waals surface area contributed by atoms with Gasteiger partial charge in [0.15, 0.2) is 0 Å². The molecule has 0 aromatic heterocycles. The molecule has 0 aliphatic heterocycles. The van der Waals surface area contributed by atoms with Crippen molar-refractivity contribution in [1.29, 1.82) is 5.26 Å². The lowest BCUT2D eigenvalue weighted by atomic mass is 10.1. The summed E-state index contributed by atoms with van der Waals surface area (Å²) in [4.78, 5) is 11.0. The number of benzene rings is 1. The number of ether oxygens (including phenoxy) is 1. The number of nitriles is 1. The summed E-state index contributed by atoms with van der Waals surface area (Å²) in [6.45, 7) is 1.80. The molecule has 0 amide bonds. The summed E-state index contributed by atoms with van der Waals surface area (Å²) in [6, 6.07) is 5.14. The minimum absolute atomic E-state index is 0.179. The molecule has 0 heterocycles. The Labute approximate surface area is 86.9 Å². The molecule has 1 rings (SSSR count). The molecule has 1 aromatic carbocycles. The molecule has 0 aliphatic carbocycles. The first-order valence-corrected chi connectivity index (χ1v) is 4.26. The van der Waals surface area contributed by atoms with E-state index in [9.17, 15) is 4.79 Å². The van der Waals surface area contributed by atoms with Gasteiger partial charge in [0.1, 0.15) is 17.4 Å². The van der Waals surface area contributed by atoms with Crippen LogP contribution >= 0.6 is 11.6 Å². The Morgan fingerprint density at radius 1 is 1.57 bits per heavy atom. The van der Waals surface area contributed by atoms with Crippen molar-refractivity contribution in [3.63, 3.8) is 0 Å². The zero-order valence-corrected chi connectivity index (χ0v) is 8.55. The molecule has 0 spiro atoms. The third-order valence-electron chi connectivity index (χ3n) is 1.79. The van der Waals surface area contributed by atoms with Gasteiger partial charge in [0.05, 0.1) is 12.7 Å². The summed E-state index contributed by atoms with van der Waals surface area (Å²) in [5.41, 5.74) is 1.19. The fourth-order valence-electron chi connectivity index (χ4n) is 1.18. The predicted molar refractivity (Wildman–Crippen MR) is 52.6 cm³/mol. The second kappa shape index (κ2) is 4.12. The lowest BCUT2D eigenvalue weighted by Gasteiger charge is -2.06. The smallest absolute Gasteiger partial charge is 0.253 e. The Bertz CT molecular complexity index is 421. The number of carbonyl (C=O) groups excluding carboxylic acids is 1. The van der Waals surface area contributed by atoms with Crippen molar-refractivity contribution in [2.45, 2.75) is 6.92 Å². The molecule has 0 atom stereocenters. The molecule has 0 saturated heterocycles. The van der Waals surface area contributed by atoms with Crippen molar-refractivity contribution in [2.75, 3.05) is 7.11 Å². The van der Waals surface area contributed by atoms with Crippen molar-refractivity contribution < 1.29 is 9.53 Å². The summed E-state index contributed by atoms with van der Waals surface area (Å²) in [6.07, 6.45) is 0. The number of rotatable bonds is 2. The number of hydrogen-bond acceptors (Lipinski definition) is 3. The van der Waals surface area contributed by atoms with E-state index >= 15 is 0 Å². The number of nitrogens with zero attached hydrogens (tertiary/aromatic N) is 1. The van der Waals surface area contributed by atoms with Crippen LogP contribution in [0.2, 0.25) is 0 Å². The van der Waals surface area contributed by atoms with Gasteiger partial charge in [-0.15, -0.1) is 0 Å². The van der Waals surface area contributed by atoms with Gasteiger partial charge in [-0.1, -0.05) is 0 Å². The van der Waals surface area contributed by atoms with Gasteiger partial charge in [-0.05, 0) is 36.2 Å². The topological polar surface area (TPSA) is 50.1 Å². The third-order valence-corrected chi connectivity index (χ3v) is 1.99. The molecule has 0 fully saturated rings. The molecule has 72 valence electrons. The first kappa shape index (κ1) is 10.6. The third kappa shape index (κ3) is 1.86. The van der Waals surface area contributed by atoms with E-state index in [0.717, 1.165) is 5.56 Å². The molecule has 0 aliphatic rings. The van der Waals surface area contributed by atoms with Crippen LogP contribution in [-0.4, -0.2) is 12.4 Å². The second-order valence-electron chi connectivity index (χ2n) is 2.78. The molecular formula is C10H8ClNO2. The van der Waals surface area contributed by atoms with Gasteiger partial charge in [-0.2, -0.15) is 5.26 Å². The Balaban J connectivity index is 3.49. The maximum atomic E-state index is 11.0. The highest BCUT2D eigenvalue weighted by Gasteiger charge is 2.14. The van der Waals surface area contributed by atoms with Crippen molar-refractivity contribution in [2.24, 2.45) is 0 Å². The van der Waals surface area contributed by atoms with Gasteiger partial charge in [0, 0.05) is 0 Å². The maximum Gasteiger partial charge on any atom is 0.253 e. The van der Waals surface area contributed by atoms with E-state index in [2.05, 4.69) is 0 Å². The largest absolute Gasteiger partial charge is 0.495 e. The van der Waals surface area contributed by atoms with E-state index in [1.54, 1.807) is 19.1 Å². The first-order chi connectivity index (χ1) is 6.60. The zero-order valence-electron chi connectivity index (χ0n) is 7.80. The average molecular weight is 210 g/mol. The molecule has 0 bridgehead atoms. The second-order valence-corrected chi connectivity index (χ2v) is 3.12. The van der Waals surface area contributed by atoms with E-state index < -0.39 is 5.24 Å². The normalized spacial score (nSPS) is 9.29. The SMILES string of the molecule is COc1cc(C)cc(C(=O)Cl)c1C#N. The Morgan fingerprint density at radius 3 is 2.64 bits per heavy atom. The fourth-order valence-corrected chi connectivity index (χ4v) is 1.33. The minimum atomic E-state index is -0.649.